The molecule has 0 bridgehead atoms. The molecule has 2 rings (SSSR count). The number of hydrogen-bond donors (Lipinski definition) is 0. The number of nitrogens with zero attached hydrogens (tertiary/aromatic N) is 2. The Morgan fingerprint density at radius 1 is 1.32 bits per heavy atom. The Morgan fingerprint density at radius 3 is 2.60 bits per heavy atom. The molecule has 0 aliphatic heterocycles. The van der Waals surface area contributed by atoms with Gasteiger partial charge < -0.3 is 0 Å². The van der Waals surface area contributed by atoms with Crippen molar-refractivity contribution in [1.82, 2.24) is 4.98 Å². The van der Waals surface area contributed by atoms with Crippen molar-refractivity contribution in [1.29, 1.82) is 0 Å². The van der Waals surface area contributed by atoms with Crippen molar-refractivity contribution in [2.45, 2.75) is 39.0 Å². The second kappa shape index (κ2) is 10.4. The van der Waals surface area contributed by atoms with E-state index in [0.717, 1.165) is 25.7 Å². The van der Waals surface area contributed by atoms with E-state index >= 15 is 0 Å². The van der Waals surface area contributed by atoms with E-state index in [-0.39, 0.29) is 5.70 Å². The second-order valence-corrected chi connectivity index (χ2v) is 7.70. The summed E-state index contributed by atoms with van der Waals surface area (Å²) in [6.07, 6.45) is 2.83. The van der Waals surface area contributed by atoms with Gasteiger partial charge in [0.1, 0.15) is 0 Å². The van der Waals surface area contributed by atoms with Gasteiger partial charge in [-0.25, -0.2) is 4.98 Å². The molecule has 1 aromatic heterocycles. The maximum Gasteiger partial charge on any atom is 0.270 e. The van der Waals surface area contributed by atoms with E-state index in [1.54, 1.807) is 30.6 Å². The monoisotopic (exact) mass is 396 g/mol. The van der Waals surface area contributed by atoms with E-state index < -0.39 is 4.92 Å². The lowest BCUT2D eigenvalue weighted by Gasteiger charge is -1.94. The first-order valence-electron chi connectivity index (χ1n) is 7.75. The third-order valence-corrected chi connectivity index (χ3v) is 5.11. The summed E-state index contributed by atoms with van der Waals surface area (Å²) in [6.45, 7) is 9.62. The van der Waals surface area contributed by atoms with Crippen LogP contribution in [0.25, 0.3) is 10.2 Å². The number of thiazole rings is 1. The summed E-state index contributed by atoms with van der Waals surface area (Å²) in [7, 11) is 0. The van der Waals surface area contributed by atoms with Gasteiger partial charge in [-0.05, 0) is 43.9 Å². The molecule has 0 saturated carbocycles. The molecule has 0 N–H and O–H groups in total. The molecule has 0 fully saturated rings. The lowest BCUT2D eigenvalue weighted by Crippen LogP contribution is -1.95. The van der Waals surface area contributed by atoms with Crippen LogP contribution in [0.15, 0.2) is 56.4 Å². The van der Waals surface area contributed by atoms with Crippen molar-refractivity contribution in [3.05, 3.63) is 67.7 Å². The molecule has 0 spiro atoms. The average Bonchev–Trinajstić information content (AvgIpc) is 2.95. The SMILES string of the molecule is CC.CC(C)=C/C(=C\C(Cl)=C\Sc1nc2cc(C)ccc2s1)[N+](=O)[O-]. The molecule has 2 aromatic rings. The number of benzene rings is 1. The Balaban J connectivity index is 0.00000151. The molecule has 1 aromatic carbocycles. The number of allylic oxidation sites excluding steroid dienone is 4. The summed E-state index contributed by atoms with van der Waals surface area (Å²) >= 11 is 9.01. The normalized spacial score (nSPS) is 11.8. The van der Waals surface area contributed by atoms with Crippen LogP contribution in [0, 0.1) is 17.0 Å². The number of aryl methyl sites for hydroxylation is 1. The molecular formula is C18H21ClN2O2S2. The number of hydrogen-bond acceptors (Lipinski definition) is 5. The highest BCUT2D eigenvalue weighted by Gasteiger charge is 2.08. The quantitative estimate of drug-likeness (QED) is 0.238. The van der Waals surface area contributed by atoms with Crippen molar-refractivity contribution >= 4 is 44.9 Å². The molecule has 0 atom stereocenters. The third-order valence-electron chi connectivity index (χ3n) is 2.73. The van der Waals surface area contributed by atoms with Crippen molar-refractivity contribution in [2.75, 3.05) is 0 Å². The Bertz CT molecular complexity index is 835. The van der Waals surface area contributed by atoms with Crippen molar-refractivity contribution < 1.29 is 4.92 Å². The third kappa shape index (κ3) is 7.02. The Kier molecular flexibility index (Phi) is 8.89. The first-order chi connectivity index (χ1) is 11.8. The maximum atomic E-state index is 11.0. The van der Waals surface area contributed by atoms with Gasteiger partial charge in [-0.3, -0.25) is 10.1 Å². The predicted molar refractivity (Wildman–Crippen MR) is 110 cm³/mol. The largest absolute Gasteiger partial charge is 0.270 e. The van der Waals surface area contributed by atoms with E-state index in [1.807, 2.05) is 39.0 Å². The van der Waals surface area contributed by atoms with Gasteiger partial charge in [-0.1, -0.05) is 48.8 Å². The average molecular weight is 397 g/mol. The van der Waals surface area contributed by atoms with Crippen molar-refractivity contribution in [3.63, 3.8) is 0 Å². The van der Waals surface area contributed by atoms with Crippen LogP contribution in [0.1, 0.15) is 33.3 Å². The van der Waals surface area contributed by atoms with Crippen LogP contribution in [0.2, 0.25) is 0 Å². The summed E-state index contributed by atoms with van der Waals surface area (Å²) in [5.74, 6) is 0. The second-order valence-electron chi connectivity index (χ2n) is 5.12. The molecule has 0 amide bonds. The minimum Gasteiger partial charge on any atom is -0.258 e. The van der Waals surface area contributed by atoms with Gasteiger partial charge >= 0.3 is 0 Å². The zero-order valence-corrected chi connectivity index (χ0v) is 17.3. The van der Waals surface area contributed by atoms with Crippen LogP contribution in [-0.2, 0) is 0 Å². The first-order valence-corrected chi connectivity index (χ1v) is 9.83. The topological polar surface area (TPSA) is 56.0 Å². The van der Waals surface area contributed by atoms with Gasteiger partial charge in [0.05, 0.1) is 20.2 Å². The summed E-state index contributed by atoms with van der Waals surface area (Å²) in [4.78, 5) is 15.1. The molecule has 0 saturated heterocycles. The van der Waals surface area contributed by atoms with Gasteiger partial charge in [-0.2, -0.15) is 0 Å². The molecule has 1 heterocycles. The van der Waals surface area contributed by atoms with Gasteiger partial charge in [0.25, 0.3) is 5.70 Å². The molecule has 4 nitrogen and oxygen atoms in total. The first kappa shape index (κ1) is 21.4. The van der Waals surface area contributed by atoms with Crippen LogP contribution < -0.4 is 0 Å². The highest BCUT2D eigenvalue weighted by Crippen LogP contribution is 2.31. The highest BCUT2D eigenvalue weighted by molar-refractivity contribution is 8.03. The molecule has 0 aliphatic carbocycles. The van der Waals surface area contributed by atoms with Crippen LogP contribution in [0.3, 0.4) is 0 Å². The Morgan fingerprint density at radius 2 is 2.00 bits per heavy atom. The zero-order chi connectivity index (χ0) is 19.0. The minimum atomic E-state index is -0.450. The molecular weight excluding hydrogens is 376 g/mol. The Labute approximate surface area is 161 Å². The number of halogens is 1. The van der Waals surface area contributed by atoms with E-state index in [4.69, 9.17) is 11.6 Å². The number of nitro groups is 1. The Hall–Kier alpha value is -1.63. The molecule has 0 aliphatic rings. The number of thioether (sulfide) groups is 1. The summed E-state index contributed by atoms with van der Waals surface area (Å²) in [5.41, 5.74) is 2.92. The van der Waals surface area contributed by atoms with Crippen molar-refractivity contribution in [3.8, 4) is 0 Å². The fourth-order valence-electron chi connectivity index (χ4n) is 1.79. The molecule has 0 radical (unpaired) electrons. The van der Waals surface area contributed by atoms with E-state index in [1.165, 1.54) is 23.9 Å². The zero-order valence-electron chi connectivity index (χ0n) is 14.9. The summed E-state index contributed by atoms with van der Waals surface area (Å²) in [6, 6.07) is 6.11. The standard InChI is InChI=1S/C16H15ClN2O2S2.C2H6/c1-10(2)6-13(19(20)21)8-12(17)9-22-16-18-14-7-11(3)4-5-15(14)23-16;1-2/h4-9H,1-3H3;1-2H3/b12-9-,13-8+;. The lowest BCUT2D eigenvalue weighted by atomic mass is 10.2. The number of rotatable bonds is 5. The van der Waals surface area contributed by atoms with E-state index in [9.17, 15) is 10.1 Å². The lowest BCUT2D eigenvalue weighted by molar-refractivity contribution is -0.419. The van der Waals surface area contributed by atoms with Gasteiger partial charge in [0.15, 0.2) is 4.34 Å². The molecule has 134 valence electrons. The summed E-state index contributed by atoms with van der Waals surface area (Å²) < 4.78 is 1.95. The van der Waals surface area contributed by atoms with Gasteiger partial charge in [0.2, 0.25) is 0 Å². The molecule has 7 heteroatoms. The summed E-state index contributed by atoms with van der Waals surface area (Å²) in [5, 5.41) is 12.9. The van der Waals surface area contributed by atoms with Gasteiger partial charge in [0, 0.05) is 12.2 Å². The smallest absolute Gasteiger partial charge is 0.258 e. The molecule has 0 unspecified atom stereocenters. The fraction of sp³-hybridized carbons (Fsp3) is 0.278. The van der Waals surface area contributed by atoms with E-state index in [0.29, 0.717) is 5.03 Å². The predicted octanol–water partition coefficient (Wildman–Crippen LogP) is 6.93. The van der Waals surface area contributed by atoms with Crippen LogP contribution in [0.4, 0.5) is 0 Å². The van der Waals surface area contributed by atoms with E-state index in [2.05, 4.69) is 4.98 Å². The van der Waals surface area contributed by atoms with Gasteiger partial charge in [-0.15, -0.1) is 11.3 Å². The van der Waals surface area contributed by atoms with Crippen molar-refractivity contribution in [2.24, 2.45) is 0 Å². The van der Waals surface area contributed by atoms with Crippen LogP contribution in [0.5, 0.6) is 0 Å². The minimum absolute atomic E-state index is 0.0354. The molecule has 25 heavy (non-hydrogen) atoms. The van der Waals surface area contributed by atoms with Crippen LogP contribution >= 0.6 is 34.7 Å². The number of aromatic nitrogens is 1. The highest BCUT2D eigenvalue weighted by atomic mass is 35.5. The maximum absolute atomic E-state index is 11.0. The van der Waals surface area contributed by atoms with Crippen LogP contribution in [-0.4, -0.2) is 9.91 Å². The fourth-order valence-corrected chi connectivity index (χ4v) is 3.75. The number of fused-ring (bicyclic) bond motifs is 1.